The molecule has 106 valence electrons. The van der Waals surface area contributed by atoms with E-state index in [0.29, 0.717) is 22.4 Å². The molecule has 0 radical (unpaired) electrons. The second-order valence-electron chi connectivity index (χ2n) is 4.38. The molecule has 5 heteroatoms. The normalized spacial score (nSPS) is 12.2. The molecule has 1 N–H and O–H groups in total. The maximum Gasteiger partial charge on any atom is 0.126 e. The number of hydrogen-bond acceptors (Lipinski definition) is 2. The van der Waals surface area contributed by atoms with Gasteiger partial charge in [-0.15, -0.1) is 0 Å². The van der Waals surface area contributed by atoms with Gasteiger partial charge in [-0.05, 0) is 31.2 Å². The molecule has 0 bridgehead atoms. The third kappa shape index (κ3) is 3.89. The summed E-state index contributed by atoms with van der Waals surface area (Å²) in [5.41, 5.74) is 1.57. The van der Waals surface area contributed by atoms with Gasteiger partial charge in [0.2, 0.25) is 0 Å². The van der Waals surface area contributed by atoms with Crippen LogP contribution in [-0.2, 0) is 6.61 Å². The monoisotopic (exact) mass is 374 g/mol. The number of hydrogen-bond donors (Lipinski definition) is 1. The van der Waals surface area contributed by atoms with Gasteiger partial charge in [0.25, 0.3) is 0 Å². The molecule has 20 heavy (non-hydrogen) atoms. The first-order valence-electron chi connectivity index (χ1n) is 6.01. The van der Waals surface area contributed by atoms with E-state index in [9.17, 15) is 5.11 Å². The lowest BCUT2D eigenvalue weighted by Gasteiger charge is -2.14. The molecular formula is C15H13BrCl2O2. The van der Waals surface area contributed by atoms with Crippen LogP contribution in [0.4, 0.5) is 0 Å². The highest BCUT2D eigenvalue weighted by Gasteiger charge is 2.11. The molecule has 0 unspecified atom stereocenters. The average molecular weight is 376 g/mol. The van der Waals surface area contributed by atoms with E-state index in [1.165, 1.54) is 0 Å². The topological polar surface area (TPSA) is 29.5 Å². The number of aliphatic hydroxyl groups excluding tert-OH is 1. The van der Waals surface area contributed by atoms with Crippen molar-refractivity contribution in [1.29, 1.82) is 0 Å². The highest BCUT2D eigenvalue weighted by Crippen LogP contribution is 2.30. The Morgan fingerprint density at radius 3 is 2.60 bits per heavy atom. The third-order valence-electron chi connectivity index (χ3n) is 2.82. The highest BCUT2D eigenvalue weighted by molar-refractivity contribution is 9.10. The van der Waals surface area contributed by atoms with E-state index in [4.69, 9.17) is 27.9 Å². The van der Waals surface area contributed by atoms with Crippen LogP contribution >= 0.6 is 39.1 Å². The first-order valence-corrected chi connectivity index (χ1v) is 7.56. The standard InChI is InChI=1S/C15H13BrCl2O2/c1-9(19)13-5-3-11(16)6-15(13)20-8-10-2-4-12(17)7-14(10)18/h2-7,9,19H,8H2,1H3/t9-/m0/s1. The van der Waals surface area contributed by atoms with E-state index in [1.807, 2.05) is 24.3 Å². The van der Waals surface area contributed by atoms with E-state index in [2.05, 4.69) is 15.9 Å². The van der Waals surface area contributed by atoms with Gasteiger partial charge in [-0.25, -0.2) is 0 Å². The minimum Gasteiger partial charge on any atom is -0.488 e. The fraction of sp³-hybridized carbons (Fsp3) is 0.200. The summed E-state index contributed by atoms with van der Waals surface area (Å²) in [6.45, 7) is 2.01. The summed E-state index contributed by atoms with van der Waals surface area (Å²) in [6.07, 6.45) is -0.598. The lowest BCUT2D eigenvalue weighted by Crippen LogP contribution is -2.01. The Kier molecular flexibility index (Phi) is 5.33. The minimum absolute atomic E-state index is 0.312. The molecule has 0 aromatic heterocycles. The Bertz CT molecular complexity index is 615. The molecule has 0 aliphatic rings. The number of halogens is 3. The van der Waals surface area contributed by atoms with Gasteiger partial charge >= 0.3 is 0 Å². The fourth-order valence-corrected chi connectivity index (χ4v) is 2.58. The van der Waals surface area contributed by atoms with Crippen molar-refractivity contribution in [2.45, 2.75) is 19.6 Å². The molecule has 0 aliphatic carbocycles. The van der Waals surface area contributed by atoms with Gasteiger partial charge in [0.05, 0.1) is 6.10 Å². The van der Waals surface area contributed by atoms with E-state index < -0.39 is 6.10 Å². The summed E-state index contributed by atoms with van der Waals surface area (Å²) in [7, 11) is 0. The molecule has 2 rings (SSSR count). The lowest BCUT2D eigenvalue weighted by atomic mass is 10.1. The van der Waals surface area contributed by atoms with Crippen LogP contribution in [0.5, 0.6) is 5.75 Å². The zero-order chi connectivity index (χ0) is 14.7. The van der Waals surface area contributed by atoms with Crippen molar-refractivity contribution < 1.29 is 9.84 Å². The SMILES string of the molecule is C[C@H](O)c1ccc(Br)cc1OCc1ccc(Cl)cc1Cl. The highest BCUT2D eigenvalue weighted by atomic mass is 79.9. The Labute approximate surface area is 136 Å². The van der Waals surface area contributed by atoms with E-state index in [-0.39, 0.29) is 0 Å². The van der Waals surface area contributed by atoms with Crippen LogP contribution in [0.15, 0.2) is 40.9 Å². The van der Waals surface area contributed by atoms with Crippen molar-refractivity contribution in [1.82, 2.24) is 0 Å². The Morgan fingerprint density at radius 2 is 1.95 bits per heavy atom. The smallest absolute Gasteiger partial charge is 0.126 e. The van der Waals surface area contributed by atoms with Crippen molar-refractivity contribution in [3.63, 3.8) is 0 Å². The predicted molar refractivity (Wildman–Crippen MR) is 85.6 cm³/mol. The van der Waals surface area contributed by atoms with Crippen molar-refractivity contribution in [3.05, 3.63) is 62.0 Å². The molecule has 0 heterocycles. The second-order valence-corrected chi connectivity index (χ2v) is 6.14. The quantitative estimate of drug-likeness (QED) is 0.776. The summed E-state index contributed by atoms with van der Waals surface area (Å²) < 4.78 is 6.66. The lowest BCUT2D eigenvalue weighted by molar-refractivity contribution is 0.190. The van der Waals surface area contributed by atoms with Gasteiger partial charge in [-0.1, -0.05) is 51.3 Å². The van der Waals surface area contributed by atoms with Crippen LogP contribution in [0, 0.1) is 0 Å². The van der Waals surface area contributed by atoms with Crippen LogP contribution in [0.25, 0.3) is 0 Å². The molecule has 0 spiro atoms. The van der Waals surface area contributed by atoms with E-state index >= 15 is 0 Å². The zero-order valence-corrected chi connectivity index (χ0v) is 13.8. The zero-order valence-electron chi connectivity index (χ0n) is 10.7. The van der Waals surface area contributed by atoms with Gasteiger partial charge in [0.1, 0.15) is 12.4 Å². The van der Waals surface area contributed by atoms with Crippen molar-refractivity contribution in [2.24, 2.45) is 0 Å². The average Bonchev–Trinajstić information content (AvgIpc) is 2.37. The molecule has 2 aromatic carbocycles. The maximum absolute atomic E-state index is 9.74. The molecule has 0 fully saturated rings. The first kappa shape index (κ1) is 15.6. The van der Waals surface area contributed by atoms with Crippen molar-refractivity contribution in [2.75, 3.05) is 0 Å². The van der Waals surface area contributed by atoms with Crippen molar-refractivity contribution >= 4 is 39.1 Å². The number of ether oxygens (including phenoxy) is 1. The van der Waals surface area contributed by atoms with Crippen LogP contribution in [0.2, 0.25) is 10.0 Å². The molecule has 1 atom stereocenters. The summed E-state index contributed by atoms with van der Waals surface area (Å²) in [6, 6.07) is 10.8. The summed E-state index contributed by atoms with van der Waals surface area (Å²) in [5.74, 6) is 0.625. The maximum atomic E-state index is 9.74. The Balaban J connectivity index is 2.20. The molecule has 0 saturated carbocycles. The molecule has 2 aromatic rings. The molecule has 0 aliphatic heterocycles. The van der Waals surface area contributed by atoms with Gasteiger partial charge in [-0.2, -0.15) is 0 Å². The third-order valence-corrected chi connectivity index (χ3v) is 3.90. The van der Waals surface area contributed by atoms with E-state index in [1.54, 1.807) is 19.1 Å². The summed E-state index contributed by atoms with van der Waals surface area (Å²) in [4.78, 5) is 0. The van der Waals surface area contributed by atoms with Gasteiger partial charge in [0.15, 0.2) is 0 Å². The predicted octanol–water partition coefficient (Wildman–Crippen LogP) is 5.39. The van der Waals surface area contributed by atoms with Crippen LogP contribution in [0.1, 0.15) is 24.2 Å². The summed E-state index contributed by atoms with van der Waals surface area (Å²) >= 11 is 15.4. The van der Waals surface area contributed by atoms with Crippen LogP contribution < -0.4 is 4.74 Å². The van der Waals surface area contributed by atoms with Crippen LogP contribution in [0.3, 0.4) is 0 Å². The van der Waals surface area contributed by atoms with Gasteiger partial charge in [0, 0.05) is 25.6 Å². The van der Waals surface area contributed by atoms with Crippen LogP contribution in [-0.4, -0.2) is 5.11 Å². The van der Waals surface area contributed by atoms with Gasteiger partial charge < -0.3 is 9.84 Å². The molecular weight excluding hydrogens is 363 g/mol. The number of aliphatic hydroxyl groups is 1. The fourth-order valence-electron chi connectivity index (χ4n) is 1.77. The van der Waals surface area contributed by atoms with Crippen molar-refractivity contribution in [3.8, 4) is 5.75 Å². The largest absolute Gasteiger partial charge is 0.488 e. The summed E-state index contributed by atoms with van der Waals surface area (Å²) in [5, 5.41) is 10.9. The first-order chi connectivity index (χ1) is 9.47. The molecule has 0 saturated heterocycles. The number of benzene rings is 2. The van der Waals surface area contributed by atoms with Gasteiger partial charge in [-0.3, -0.25) is 0 Å². The van der Waals surface area contributed by atoms with E-state index in [0.717, 1.165) is 15.6 Å². The number of rotatable bonds is 4. The second kappa shape index (κ2) is 6.81. The minimum atomic E-state index is -0.598. The Morgan fingerprint density at radius 1 is 1.20 bits per heavy atom. The molecule has 2 nitrogen and oxygen atoms in total. The Hall–Kier alpha value is -0.740. The molecule has 0 amide bonds.